The van der Waals surface area contributed by atoms with E-state index in [-0.39, 0.29) is 19.8 Å². The molecule has 15 heavy (non-hydrogen) atoms. The average molecular weight is 270 g/mol. The third-order valence-electron chi connectivity index (χ3n) is 1.93. The number of cyclic esters (lactones) is 1. The van der Waals surface area contributed by atoms with Gasteiger partial charge in [0.15, 0.2) is 0 Å². The number of imide groups is 1. The molecule has 0 radical (unpaired) electrons. The summed E-state index contributed by atoms with van der Waals surface area (Å²) in [5.74, 6) is 0. The van der Waals surface area contributed by atoms with E-state index in [1.54, 1.807) is 0 Å². The number of carbonyl (C=O) groups is 2. The number of rotatable bonds is 2. The number of carbonyl (C=O) groups excluding carboxylic acids is 2. The van der Waals surface area contributed by atoms with Gasteiger partial charge in [0.25, 0.3) is 0 Å². The van der Waals surface area contributed by atoms with Crippen molar-refractivity contribution in [2.75, 3.05) is 13.2 Å². The molecule has 0 aromatic heterocycles. The summed E-state index contributed by atoms with van der Waals surface area (Å²) >= 11 is -0.343. The van der Waals surface area contributed by atoms with Crippen molar-refractivity contribution in [1.29, 1.82) is 0 Å². The second-order valence-electron chi connectivity index (χ2n) is 2.95. The Morgan fingerprint density at radius 3 is 2.67 bits per heavy atom. The van der Waals surface area contributed by atoms with Crippen LogP contribution in [0, 0.1) is 0 Å². The summed E-state index contributed by atoms with van der Waals surface area (Å²) in [6.45, 7) is 0.696. The van der Waals surface area contributed by atoms with Gasteiger partial charge in [0.1, 0.15) is 0 Å². The summed E-state index contributed by atoms with van der Waals surface area (Å²) < 4.78 is 5.67. The molecule has 0 unspecified atom stereocenters. The Labute approximate surface area is 93.4 Å². The molecular formula is C10H9NO3Se. The van der Waals surface area contributed by atoms with Crippen LogP contribution in [0.1, 0.15) is 0 Å². The van der Waals surface area contributed by atoms with Crippen molar-refractivity contribution in [1.82, 2.24) is 4.90 Å². The van der Waals surface area contributed by atoms with Crippen molar-refractivity contribution >= 4 is 30.3 Å². The standard InChI is InChI=1S/C10H9NO3Se/c12-9-11(6-7-14-9)10(13)15-8-4-2-1-3-5-8/h1-5H,6-7H2. The average Bonchev–Trinajstić information content (AvgIpc) is 2.66. The van der Waals surface area contributed by atoms with E-state index in [2.05, 4.69) is 0 Å². The molecule has 0 aliphatic carbocycles. The molecule has 1 saturated heterocycles. The minimum atomic E-state index is -0.516. The van der Waals surface area contributed by atoms with Gasteiger partial charge in [-0.2, -0.15) is 0 Å². The van der Waals surface area contributed by atoms with Gasteiger partial charge in [-0.05, 0) is 0 Å². The van der Waals surface area contributed by atoms with Crippen molar-refractivity contribution in [3.05, 3.63) is 30.3 Å². The van der Waals surface area contributed by atoms with Crippen molar-refractivity contribution < 1.29 is 14.3 Å². The number of hydrogen-bond donors (Lipinski definition) is 0. The van der Waals surface area contributed by atoms with Gasteiger partial charge in [-0.3, -0.25) is 0 Å². The van der Waals surface area contributed by atoms with Crippen LogP contribution in [0.3, 0.4) is 0 Å². The summed E-state index contributed by atoms with van der Waals surface area (Å²) in [4.78, 5) is 23.8. The zero-order chi connectivity index (χ0) is 10.7. The molecule has 78 valence electrons. The van der Waals surface area contributed by atoms with Gasteiger partial charge in [-0.25, -0.2) is 0 Å². The Morgan fingerprint density at radius 1 is 1.33 bits per heavy atom. The molecule has 1 aromatic rings. The first-order valence-corrected chi connectivity index (χ1v) is 6.20. The summed E-state index contributed by atoms with van der Waals surface area (Å²) in [5, 5.41) is 0. The Morgan fingerprint density at radius 2 is 2.07 bits per heavy atom. The molecule has 5 heteroatoms. The number of nitrogens with zero attached hydrogens (tertiary/aromatic N) is 1. The predicted octanol–water partition coefficient (Wildman–Crippen LogP) is 0.588. The van der Waals surface area contributed by atoms with Gasteiger partial charge < -0.3 is 0 Å². The third kappa shape index (κ3) is 2.37. The van der Waals surface area contributed by atoms with Crippen LogP contribution in [0.25, 0.3) is 0 Å². The fraction of sp³-hybridized carbons (Fsp3) is 0.200. The van der Waals surface area contributed by atoms with Crippen LogP contribution in [0.15, 0.2) is 30.3 Å². The van der Waals surface area contributed by atoms with Crippen LogP contribution < -0.4 is 4.46 Å². The number of amides is 2. The Hall–Kier alpha value is -1.32. The molecule has 0 atom stereocenters. The second kappa shape index (κ2) is 4.47. The normalized spacial score (nSPS) is 15.2. The number of hydrogen-bond acceptors (Lipinski definition) is 3. The minimum absolute atomic E-state index is 0.142. The van der Waals surface area contributed by atoms with Crippen molar-refractivity contribution in [2.45, 2.75) is 0 Å². The van der Waals surface area contributed by atoms with Crippen LogP contribution in [-0.2, 0) is 4.74 Å². The van der Waals surface area contributed by atoms with Gasteiger partial charge in [-0.15, -0.1) is 0 Å². The predicted molar refractivity (Wildman–Crippen MR) is 55.3 cm³/mol. The van der Waals surface area contributed by atoms with Gasteiger partial charge >= 0.3 is 93.0 Å². The van der Waals surface area contributed by atoms with E-state index in [9.17, 15) is 9.59 Å². The van der Waals surface area contributed by atoms with E-state index in [0.29, 0.717) is 13.2 Å². The fourth-order valence-electron chi connectivity index (χ4n) is 1.20. The van der Waals surface area contributed by atoms with E-state index >= 15 is 0 Å². The first-order chi connectivity index (χ1) is 7.27. The summed E-state index contributed by atoms with van der Waals surface area (Å²) in [5.41, 5.74) is 0. The van der Waals surface area contributed by atoms with Crippen LogP contribution >= 0.6 is 0 Å². The zero-order valence-electron chi connectivity index (χ0n) is 7.88. The quantitative estimate of drug-likeness (QED) is 0.739. The maximum absolute atomic E-state index is 11.7. The van der Waals surface area contributed by atoms with E-state index in [1.807, 2.05) is 30.3 Å². The first kappa shape index (κ1) is 10.2. The van der Waals surface area contributed by atoms with Gasteiger partial charge in [-0.1, -0.05) is 0 Å². The SMILES string of the molecule is O=C1OCCN1C(=O)[Se]c1ccccc1. The monoisotopic (exact) mass is 271 g/mol. The fourth-order valence-corrected chi connectivity index (χ4v) is 2.82. The second-order valence-corrected chi connectivity index (χ2v) is 5.10. The molecule has 1 aromatic carbocycles. The van der Waals surface area contributed by atoms with Gasteiger partial charge in [0.2, 0.25) is 0 Å². The molecule has 2 amide bonds. The molecule has 4 nitrogen and oxygen atoms in total. The molecule has 1 aliphatic heterocycles. The summed E-state index contributed by atoms with van der Waals surface area (Å²) in [6.07, 6.45) is -0.516. The first-order valence-electron chi connectivity index (χ1n) is 4.48. The maximum atomic E-state index is 11.7. The van der Waals surface area contributed by atoms with Crippen LogP contribution in [0.2, 0.25) is 0 Å². The molecule has 1 aliphatic rings. The molecule has 0 N–H and O–H groups in total. The number of benzene rings is 1. The van der Waals surface area contributed by atoms with E-state index in [0.717, 1.165) is 4.46 Å². The van der Waals surface area contributed by atoms with Crippen molar-refractivity contribution in [3.8, 4) is 0 Å². The van der Waals surface area contributed by atoms with Crippen molar-refractivity contribution in [2.24, 2.45) is 0 Å². The Bertz CT molecular complexity index is 380. The van der Waals surface area contributed by atoms with E-state index in [4.69, 9.17) is 4.74 Å². The zero-order valence-corrected chi connectivity index (χ0v) is 9.59. The van der Waals surface area contributed by atoms with Crippen LogP contribution in [0.4, 0.5) is 9.59 Å². The molecule has 0 bridgehead atoms. The molecule has 0 spiro atoms. The van der Waals surface area contributed by atoms with Gasteiger partial charge in [0, 0.05) is 0 Å². The van der Waals surface area contributed by atoms with Crippen molar-refractivity contribution in [3.63, 3.8) is 0 Å². The third-order valence-corrected chi connectivity index (χ3v) is 3.82. The van der Waals surface area contributed by atoms with Crippen LogP contribution in [0.5, 0.6) is 0 Å². The molecule has 2 rings (SSSR count). The molecule has 1 heterocycles. The molecular weight excluding hydrogens is 261 g/mol. The Balaban J connectivity index is 2.01. The van der Waals surface area contributed by atoms with Gasteiger partial charge in [0.05, 0.1) is 0 Å². The topological polar surface area (TPSA) is 46.6 Å². The number of ether oxygens (including phenoxy) is 1. The van der Waals surface area contributed by atoms with Crippen LogP contribution in [-0.4, -0.2) is 43.9 Å². The molecule has 1 fully saturated rings. The molecule has 0 saturated carbocycles. The summed E-state index contributed by atoms with van der Waals surface area (Å²) in [7, 11) is 0. The summed E-state index contributed by atoms with van der Waals surface area (Å²) in [6, 6.07) is 9.44. The van der Waals surface area contributed by atoms with E-state index in [1.165, 1.54) is 4.90 Å². The van der Waals surface area contributed by atoms with E-state index < -0.39 is 6.09 Å². The Kier molecular flexibility index (Phi) is 3.04.